The second kappa shape index (κ2) is 11.3. The predicted octanol–water partition coefficient (Wildman–Crippen LogP) is 2.61. The Morgan fingerprint density at radius 2 is 1.68 bits per heavy atom. The van der Waals surface area contributed by atoms with E-state index >= 15 is 0 Å². The number of hydrogen-bond donors (Lipinski definition) is 1. The van der Waals surface area contributed by atoms with Gasteiger partial charge in [-0.2, -0.15) is 0 Å². The number of benzene rings is 2. The molecule has 1 fully saturated rings. The van der Waals surface area contributed by atoms with Crippen molar-refractivity contribution in [1.82, 2.24) is 15.1 Å². The van der Waals surface area contributed by atoms with Crippen LogP contribution in [0.5, 0.6) is 5.75 Å². The number of rotatable bonds is 7. The lowest BCUT2D eigenvalue weighted by Gasteiger charge is -2.32. The van der Waals surface area contributed by atoms with E-state index < -0.39 is 35.3 Å². The third-order valence-electron chi connectivity index (χ3n) is 5.04. The predicted molar refractivity (Wildman–Crippen MR) is 120 cm³/mol. The standard InChI is InChI=1S/C23H22ClN3O7/c1-2-26-12-13-27(21(30)20(26)29)22(31)25-18(19(24)28)16-8-10-17(11-9-16)34-23(32)33-14-15-6-4-3-5-7-15/h3-11,18H,2,12-14H2,1H3,(H,25,31)/t18-/m1/s1. The molecule has 1 N–H and O–H groups in total. The fourth-order valence-corrected chi connectivity index (χ4v) is 3.39. The first-order valence-corrected chi connectivity index (χ1v) is 10.8. The summed E-state index contributed by atoms with van der Waals surface area (Å²) in [7, 11) is 0. The maximum absolute atomic E-state index is 12.6. The van der Waals surface area contributed by atoms with Crippen LogP contribution in [0.15, 0.2) is 54.6 Å². The van der Waals surface area contributed by atoms with Crippen LogP contribution in [0.2, 0.25) is 0 Å². The highest BCUT2D eigenvalue weighted by molar-refractivity contribution is 6.64. The van der Waals surface area contributed by atoms with Crippen LogP contribution in [0.4, 0.5) is 9.59 Å². The van der Waals surface area contributed by atoms with Gasteiger partial charge in [-0.15, -0.1) is 0 Å². The summed E-state index contributed by atoms with van der Waals surface area (Å²) >= 11 is 5.66. The van der Waals surface area contributed by atoms with Gasteiger partial charge in [-0.3, -0.25) is 19.3 Å². The van der Waals surface area contributed by atoms with Crippen LogP contribution in [-0.2, 0) is 25.7 Å². The Morgan fingerprint density at radius 1 is 1.00 bits per heavy atom. The lowest BCUT2D eigenvalue weighted by molar-refractivity contribution is -0.153. The van der Waals surface area contributed by atoms with E-state index in [9.17, 15) is 24.0 Å². The van der Waals surface area contributed by atoms with Crippen LogP contribution < -0.4 is 10.1 Å². The summed E-state index contributed by atoms with van der Waals surface area (Å²) in [6, 6.07) is 12.5. The van der Waals surface area contributed by atoms with Gasteiger partial charge in [-0.05, 0) is 41.8 Å². The molecule has 1 heterocycles. The first kappa shape index (κ1) is 24.7. The summed E-state index contributed by atoms with van der Waals surface area (Å²) in [4.78, 5) is 62.7. The highest BCUT2D eigenvalue weighted by Gasteiger charge is 2.36. The van der Waals surface area contributed by atoms with Crippen molar-refractivity contribution in [2.45, 2.75) is 19.6 Å². The van der Waals surface area contributed by atoms with Gasteiger partial charge in [0, 0.05) is 19.6 Å². The van der Waals surface area contributed by atoms with E-state index in [1.54, 1.807) is 19.1 Å². The fourth-order valence-electron chi connectivity index (χ4n) is 3.21. The second-order valence-corrected chi connectivity index (χ2v) is 7.60. The number of carbonyl (C=O) groups is 5. The number of amides is 4. The second-order valence-electron chi connectivity index (χ2n) is 7.22. The van der Waals surface area contributed by atoms with Crippen LogP contribution in [-0.4, -0.2) is 58.7 Å². The zero-order valence-corrected chi connectivity index (χ0v) is 19.0. The number of carbonyl (C=O) groups excluding carboxylic acids is 5. The molecule has 178 valence electrons. The number of piperazine rings is 1. The van der Waals surface area contributed by atoms with E-state index in [1.165, 1.54) is 29.2 Å². The summed E-state index contributed by atoms with van der Waals surface area (Å²) in [5.74, 6) is -1.63. The van der Waals surface area contributed by atoms with Crippen molar-refractivity contribution in [3.05, 3.63) is 65.7 Å². The normalized spacial score (nSPS) is 14.4. The lowest BCUT2D eigenvalue weighted by atomic mass is 10.1. The van der Waals surface area contributed by atoms with Gasteiger partial charge < -0.3 is 19.7 Å². The molecule has 1 aliphatic heterocycles. The minimum Gasteiger partial charge on any atom is -0.429 e. The van der Waals surface area contributed by atoms with E-state index in [-0.39, 0.29) is 31.0 Å². The molecule has 4 amide bonds. The van der Waals surface area contributed by atoms with Gasteiger partial charge in [-0.25, -0.2) is 9.59 Å². The zero-order valence-electron chi connectivity index (χ0n) is 18.2. The Bertz CT molecular complexity index is 1080. The minimum absolute atomic E-state index is 0.00862. The molecular weight excluding hydrogens is 466 g/mol. The molecule has 0 spiro atoms. The van der Waals surface area contributed by atoms with Crippen molar-refractivity contribution >= 4 is 40.8 Å². The number of ether oxygens (including phenoxy) is 2. The van der Waals surface area contributed by atoms with Gasteiger partial charge >= 0.3 is 24.0 Å². The number of imide groups is 1. The number of hydrogen-bond acceptors (Lipinski definition) is 7. The number of likely N-dealkylation sites (N-methyl/N-ethyl adjacent to an activating group) is 1. The van der Waals surface area contributed by atoms with Crippen molar-refractivity contribution in [3.8, 4) is 5.75 Å². The fraction of sp³-hybridized carbons (Fsp3) is 0.261. The third kappa shape index (κ3) is 6.10. The first-order valence-electron chi connectivity index (χ1n) is 10.4. The van der Waals surface area contributed by atoms with Gasteiger partial charge in [0.15, 0.2) is 0 Å². The van der Waals surface area contributed by atoms with E-state index in [0.717, 1.165) is 10.5 Å². The Labute approximate surface area is 200 Å². The van der Waals surface area contributed by atoms with Crippen molar-refractivity contribution in [2.24, 2.45) is 0 Å². The van der Waals surface area contributed by atoms with Crippen LogP contribution in [0.3, 0.4) is 0 Å². The Hall–Kier alpha value is -3.92. The molecule has 0 bridgehead atoms. The molecule has 1 aliphatic rings. The van der Waals surface area contributed by atoms with Crippen LogP contribution in [0.1, 0.15) is 24.1 Å². The largest absolute Gasteiger partial charge is 0.514 e. The molecule has 0 aromatic heterocycles. The summed E-state index contributed by atoms with van der Waals surface area (Å²) < 4.78 is 10.1. The van der Waals surface area contributed by atoms with E-state index in [4.69, 9.17) is 21.1 Å². The number of nitrogens with zero attached hydrogens (tertiary/aromatic N) is 2. The SMILES string of the molecule is CCN1CCN(C(=O)N[C@@H](C(=O)Cl)c2ccc(OC(=O)OCc3ccccc3)cc2)C(=O)C1=O. The zero-order chi connectivity index (χ0) is 24.7. The average molecular weight is 488 g/mol. The molecule has 11 heteroatoms. The monoisotopic (exact) mass is 487 g/mol. The molecule has 2 aromatic rings. The van der Waals surface area contributed by atoms with Gasteiger partial charge in [-0.1, -0.05) is 42.5 Å². The molecular formula is C23H22ClN3O7. The van der Waals surface area contributed by atoms with Crippen molar-refractivity contribution in [1.29, 1.82) is 0 Å². The molecule has 2 aromatic carbocycles. The highest BCUT2D eigenvalue weighted by atomic mass is 35.5. The lowest BCUT2D eigenvalue weighted by Crippen LogP contribution is -2.58. The Balaban J connectivity index is 1.60. The molecule has 0 radical (unpaired) electrons. The number of nitrogens with one attached hydrogen (secondary N) is 1. The third-order valence-corrected chi connectivity index (χ3v) is 5.26. The van der Waals surface area contributed by atoms with Crippen LogP contribution in [0.25, 0.3) is 0 Å². The molecule has 10 nitrogen and oxygen atoms in total. The van der Waals surface area contributed by atoms with E-state index in [2.05, 4.69) is 5.32 Å². The molecule has 1 saturated heterocycles. The van der Waals surface area contributed by atoms with Crippen LogP contribution in [0, 0.1) is 0 Å². The molecule has 34 heavy (non-hydrogen) atoms. The minimum atomic E-state index is -1.29. The van der Waals surface area contributed by atoms with E-state index in [0.29, 0.717) is 6.54 Å². The van der Waals surface area contributed by atoms with Crippen molar-refractivity contribution < 1.29 is 33.4 Å². The Kier molecular flexibility index (Phi) is 8.20. The van der Waals surface area contributed by atoms with Crippen molar-refractivity contribution in [2.75, 3.05) is 19.6 Å². The smallest absolute Gasteiger partial charge is 0.429 e. The molecule has 3 rings (SSSR count). The molecule has 0 aliphatic carbocycles. The summed E-state index contributed by atoms with van der Waals surface area (Å²) in [5.41, 5.74) is 1.08. The Morgan fingerprint density at radius 3 is 2.29 bits per heavy atom. The summed E-state index contributed by atoms with van der Waals surface area (Å²) in [5, 5.41) is 1.46. The quantitative estimate of drug-likeness (QED) is 0.275. The number of halogens is 1. The molecule has 0 saturated carbocycles. The maximum Gasteiger partial charge on any atom is 0.514 e. The topological polar surface area (TPSA) is 122 Å². The summed E-state index contributed by atoms with van der Waals surface area (Å²) in [6.45, 7) is 2.29. The number of urea groups is 1. The molecule has 1 atom stereocenters. The average Bonchev–Trinajstić information content (AvgIpc) is 2.84. The maximum atomic E-state index is 12.6. The van der Waals surface area contributed by atoms with Gasteiger partial charge in [0.25, 0.3) is 0 Å². The highest BCUT2D eigenvalue weighted by Crippen LogP contribution is 2.21. The van der Waals surface area contributed by atoms with E-state index in [1.807, 2.05) is 18.2 Å². The first-order chi connectivity index (χ1) is 16.3. The summed E-state index contributed by atoms with van der Waals surface area (Å²) in [6.07, 6.45) is -0.913. The van der Waals surface area contributed by atoms with Gasteiger partial charge in [0.2, 0.25) is 5.24 Å². The molecule has 0 unspecified atom stereocenters. The van der Waals surface area contributed by atoms with Gasteiger partial charge in [0.1, 0.15) is 18.4 Å². The van der Waals surface area contributed by atoms with Gasteiger partial charge in [0.05, 0.1) is 0 Å². The van der Waals surface area contributed by atoms with Crippen LogP contribution >= 0.6 is 11.6 Å². The van der Waals surface area contributed by atoms with Crippen molar-refractivity contribution in [3.63, 3.8) is 0 Å².